The Morgan fingerprint density at radius 3 is 2.68 bits per heavy atom. The van der Waals surface area contributed by atoms with Gasteiger partial charge in [-0.2, -0.15) is 0 Å². The fourth-order valence-corrected chi connectivity index (χ4v) is 3.86. The van der Waals surface area contributed by atoms with E-state index in [0.717, 1.165) is 31.4 Å². The van der Waals surface area contributed by atoms with Gasteiger partial charge in [-0.25, -0.2) is 0 Å². The number of nitrogens with one attached hydrogen (secondary N) is 2. The van der Waals surface area contributed by atoms with Gasteiger partial charge in [-0.05, 0) is 43.0 Å². The Hall–Kier alpha value is -1.47. The van der Waals surface area contributed by atoms with Gasteiger partial charge in [-0.3, -0.25) is 4.79 Å². The topological polar surface area (TPSA) is 50.4 Å². The van der Waals surface area contributed by atoms with E-state index < -0.39 is 6.36 Å². The Morgan fingerprint density at radius 1 is 1.28 bits per heavy atom. The van der Waals surface area contributed by atoms with E-state index >= 15 is 0 Å². The van der Waals surface area contributed by atoms with E-state index in [2.05, 4.69) is 15.4 Å². The summed E-state index contributed by atoms with van der Waals surface area (Å²) in [5, 5.41) is 6.29. The number of alkyl halides is 3. The third kappa shape index (κ3) is 4.58. The van der Waals surface area contributed by atoms with E-state index in [0.29, 0.717) is 19.0 Å². The van der Waals surface area contributed by atoms with Gasteiger partial charge in [-0.1, -0.05) is 25.0 Å². The first kappa shape index (κ1) is 19.8. The molecule has 1 aliphatic heterocycles. The van der Waals surface area contributed by atoms with Crippen molar-refractivity contribution in [2.24, 2.45) is 11.3 Å². The van der Waals surface area contributed by atoms with Crippen LogP contribution in [-0.2, 0) is 11.3 Å². The predicted molar refractivity (Wildman–Crippen MR) is 89.5 cm³/mol. The second-order valence-corrected chi connectivity index (χ2v) is 6.60. The molecule has 2 fully saturated rings. The molecule has 0 bridgehead atoms. The molecular weight excluding hydrogens is 357 g/mol. The third-order valence-electron chi connectivity index (χ3n) is 5.10. The first-order valence-electron chi connectivity index (χ1n) is 8.23. The lowest BCUT2D eigenvalue weighted by atomic mass is 9.67. The van der Waals surface area contributed by atoms with E-state index in [1.165, 1.54) is 30.7 Å². The molecular formula is C17H22ClF3N2O2. The molecule has 1 aliphatic carbocycles. The van der Waals surface area contributed by atoms with Gasteiger partial charge in [0.1, 0.15) is 5.75 Å². The average molecular weight is 379 g/mol. The highest BCUT2D eigenvalue weighted by molar-refractivity contribution is 5.85. The van der Waals surface area contributed by atoms with Gasteiger partial charge in [0.15, 0.2) is 0 Å². The van der Waals surface area contributed by atoms with Crippen molar-refractivity contribution in [3.8, 4) is 5.75 Å². The molecule has 1 amide bonds. The van der Waals surface area contributed by atoms with Gasteiger partial charge in [0.05, 0.1) is 5.41 Å². The average Bonchev–Trinajstić information content (AvgIpc) is 2.97. The predicted octanol–water partition coefficient (Wildman–Crippen LogP) is 3.40. The SMILES string of the molecule is Cl.O=C(NCc1ccc(OC(F)(F)F)cc1)[C@@]12CCCC[C@H]1CNC2. The molecule has 1 saturated heterocycles. The fourth-order valence-electron chi connectivity index (χ4n) is 3.86. The van der Waals surface area contributed by atoms with Gasteiger partial charge in [0.2, 0.25) is 5.91 Å². The largest absolute Gasteiger partial charge is 0.573 e. The van der Waals surface area contributed by atoms with Crippen LogP contribution in [0.25, 0.3) is 0 Å². The van der Waals surface area contributed by atoms with Gasteiger partial charge >= 0.3 is 6.36 Å². The highest BCUT2D eigenvalue weighted by Gasteiger charge is 2.49. The number of rotatable bonds is 4. The summed E-state index contributed by atoms with van der Waals surface area (Å²) in [6.07, 6.45) is -0.490. The molecule has 4 nitrogen and oxygen atoms in total. The Labute approximate surface area is 150 Å². The van der Waals surface area contributed by atoms with Crippen molar-refractivity contribution in [3.63, 3.8) is 0 Å². The van der Waals surface area contributed by atoms with Crippen molar-refractivity contribution < 1.29 is 22.7 Å². The van der Waals surface area contributed by atoms with Crippen LogP contribution in [0.5, 0.6) is 5.75 Å². The smallest absolute Gasteiger partial charge is 0.406 e. The lowest BCUT2D eigenvalue weighted by molar-refractivity contribution is -0.274. The Morgan fingerprint density at radius 2 is 2.00 bits per heavy atom. The third-order valence-corrected chi connectivity index (χ3v) is 5.10. The van der Waals surface area contributed by atoms with E-state index in [-0.39, 0.29) is 29.5 Å². The molecule has 2 atom stereocenters. The highest BCUT2D eigenvalue weighted by Crippen LogP contribution is 2.43. The molecule has 0 spiro atoms. The van der Waals surface area contributed by atoms with Crippen LogP contribution >= 0.6 is 12.4 Å². The van der Waals surface area contributed by atoms with Gasteiger partial charge in [0.25, 0.3) is 0 Å². The number of halogens is 4. The van der Waals surface area contributed by atoms with Gasteiger partial charge < -0.3 is 15.4 Å². The molecule has 8 heteroatoms. The van der Waals surface area contributed by atoms with Crippen LogP contribution in [0, 0.1) is 11.3 Å². The standard InChI is InChI=1S/C17H21F3N2O2.ClH/c18-17(19,20)24-14-6-4-12(5-7-14)9-22-15(23)16-8-2-1-3-13(16)10-21-11-16;/h4-7,13,21H,1-3,8-11H2,(H,22,23);1H/t13-,16+;/m0./s1. The minimum absolute atomic E-state index is 0. The summed E-state index contributed by atoms with van der Waals surface area (Å²) in [5.41, 5.74) is 0.421. The number of benzene rings is 1. The highest BCUT2D eigenvalue weighted by atomic mass is 35.5. The van der Waals surface area contributed by atoms with E-state index in [1.807, 2.05) is 0 Å². The number of fused-ring (bicyclic) bond motifs is 1. The quantitative estimate of drug-likeness (QED) is 0.844. The molecule has 0 radical (unpaired) electrons. The molecule has 3 rings (SSSR count). The number of ether oxygens (including phenoxy) is 1. The summed E-state index contributed by atoms with van der Waals surface area (Å²) in [5.74, 6) is 0.171. The Bertz CT molecular complexity index is 595. The minimum Gasteiger partial charge on any atom is -0.406 e. The fraction of sp³-hybridized carbons (Fsp3) is 0.588. The van der Waals surface area contributed by atoms with Crippen LogP contribution < -0.4 is 15.4 Å². The maximum atomic E-state index is 12.7. The molecule has 1 aromatic rings. The van der Waals surface area contributed by atoms with Crippen LogP contribution in [0.2, 0.25) is 0 Å². The van der Waals surface area contributed by atoms with Gasteiger partial charge in [-0.15, -0.1) is 25.6 Å². The summed E-state index contributed by atoms with van der Waals surface area (Å²) < 4.78 is 40.3. The van der Waals surface area contributed by atoms with E-state index in [1.54, 1.807) is 0 Å². The number of carbonyl (C=O) groups excluding carboxylic acids is 1. The summed E-state index contributed by atoms with van der Waals surface area (Å²) >= 11 is 0. The van der Waals surface area contributed by atoms with Crippen molar-refractivity contribution in [2.45, 2.75) is 38.6 Å². The number of hydrogen-bond donors (Lipinski definition) is 2. The Balaban J connectivity index is 0.00000225. The summed E-state index contributed by atoms with van der Waals surface area (Å²) in [7, 11) is 0. The molecule has 2 N–H and O–H groups in total. The zero-order valence-corrected chi connectivity index (χ0v) is 14.5. The lowest BCUT2D eigenvalue weighted by Crippen LogP contribution is -2.47. The first-order valence-corrected chi connectivity index (χ1v) is 8.23. The Kier molecular flexibility index (Phi) is 6.21. The minimum atomic E-state index is -4.69. The first-order chi connectivity index (χ1) is 11.4. The van der Waals surface area contributed by atoms with E-state index in [9.17, 15) is 18.0 Å². The molecule has 0 unspecified atom stereocenters. The van der Waals surface area contributed by atoms with E-state index in [4.69, 9.17) is 0 Å². The zero-order chi connectivity index (χ0) is 17.2. The number of carbonyl (C=O) groups is 1. The maximum Gasteiger partial charge on any atom is 0.573 e. The van der Waals surface area contributed by atoms with Crippen molar-refractivity contribution in [1.82, 2.24) is 10.6 Å². The zero-order valence-electron chi connectivity index (χ0n) is 13.7. The van der Waals surface area contributed by atoms with Crippen LogP contribution in [0.15, 0.2) is 24.3 Å². The normalized spacial score (nSPS) is 25.6. The molecule has 2 aliphatic rings. The molecule has 25 heavy (non-hydrogen) atoms. The van der Waals surface area contributed by atoms with Crippen LogP contribution in [0.3, 0.4) is 0 Å². The maximum absolute atomic E-state index is 12.7. The number of amides is 1. The molecule has 0 aromatic heterocycles. The van der Waals surface area contributed by atoms with Crippen molar-refractivity contribution in [1.29, 1.82) is 0 Å². The van der Waals surface area contributed by atoms with Crippen molar-refractivity contribution in [2.75, 3.05) is 13.1 Å². The van der Waals surface area contributed by atoms with Crippen molar-refractivity contribution in [3.05, 3.63) is 29.8 Å². The molecule has 1 aromatic carbocycles. The summed E-state index contributed by atoms with van der Waals surface area (Å²) in [6.45, 7) is 1.90. The monoisotopic (exact) mass is 378 g/mol. The van der Waals surface area contributed by atoms with Gasteiger partial charge in [0, 0.05) is 13.1 Å². The second-order valence-electron chi connectivity index (χ2n) is 6.60. The van der Waals surface area contributed by atoms with Crippen LogP contribution in [0.4, 0.5) is 13.2 Å². The van der Waals surface area contributed by atoms with Crippen LogP contribution in [0.1, 0.15) is 31.2 Å². The lowest BCUT2D eigenvalue weighted by Gasteiger charge is -2.37. The van der Waals surface area contributed by atoms with Crippen LogP contribution in [-0.4, -0.2) is 25.4 Å². The number of hydrogen-bond acceptors (Lipinski definition) is 3. The molecule has 140 valence electrons. The summed E-state index contributed by atoms with van der Waals surface area (Å²) in [6, 6.07) is 5.58. The van der Waals surface area contributed by atoms with Crippen molar-refractivity contribution >= 4 is 18.3 Å². The summed E-state index contributed by atoms with van der Waals surface area (Å²) in [4.78, 5) is 12.7. The molecule has 1 heterocycles. The molecule has 1 saturated carbocycles. The second kappa shape index (κ2) is 7.83.